The van der Waals surface area contributed by atoms with Crippen LogP contribution in [0.15, 0.2) is 63.0 Å². The number of aromatic nitrogens is 3. The number of methoxy groups -OCH3 is 3. The number of ether oxygens (including phenoxy) is 3. The van der Waals surface area contributed by atoms with Crippen LogP contribution in [0, 0.1) is 0 Å². The van der Waals surface area contributed by atoms with Gasteiger partial charge in [-0.1, -0.05) is 11.6 Å². The maximum absolute atomic E-state index is 12.1. The molecule has 39 heavy (non-hydrogen) atoms. The van der Waals surface area contributed by atoms with Crippen LogP contribution in [0.3, 0.4) is 0 Å². The SMILES string of the molecule is CCn1c(S/C(=C\c2ccc(-c3ccc(Cl)c(C(=O)OC)c3)o2)C(=O)O)nnc1-c1cc(OC)cc(OC)c1. The third kappa shape index (κ3) is 6.10. The van der Waals surface area contributed by atoms with E-state index < -0.39 is 11.9 Å². The summed E-state index contributed by atoms with van der Waals surface area (Å²) in [5.74, 6) is 0.684. The lowest BCUT2D eigenvalue weighted by Crippen LogP contribution is -2.03. The maximum Gasteiger partial charge on any atom is 0.342 e. The monoisotopic (exact) mass is 569 g/mol. The van der Waals surface area contributed by atoms with Gasteiger partial charge in [0.15, 0.2) is 11.0 Å². The summed E-state index contributed by atoms with van der Waals surface area (Å²) in [6, 6.07) is 13.4. The molecule has 4 aromatic rings. The van der Waals surface area contributed by atoms with E-state index in [0.29, 0.717) is 51.7 Å². The lowest BCUT2D eigenvalue weighted by molar-refractivity contribution is -0.131. The fourth-order valence-corrected chi connectivity index (χ4v) is 4.75. The van der Waals surface area contributed by atoms with Crippen LogP contribution in [0.5, 0.6) is 11.5 Å². The van der Waals surface area contributed by atoms with Crippen molar-refractivity contribution in [3.63, 3.8) is 0 Å². The predicted molar refractivity (Wildman–Crippen MR) is 146 cm³/mol. The smallest absolute Gasteiger partial charge is 0.342 e. The van der Waals surface area contributed by atoms with E-state index in [2.05, 4.69) is 10.2 Å². The van der Waals surface area contributed by atoms with Gasteiger partial charge in [-0.25, -0.2) is 9.59 Å². The summed E-state index contributed by atoms with van der Waals surface area (Å²) in [6.07, 6.45) is 1.40. The number of hydrogen-bond acceptors (Lipinski definition) is 9. The minimum Gasteiger partial charge on any atom is -0.497 e. The minimum absolute atomic E-state index is 0.0286. The second-order valence-electron chi connectivity index (χ2n) is 7.96. The zero-order chi connectivity index (χ0) is 28.1. The van der Waals surface area contributed by atoms with Crippen LogP contribution in [0.1, 0.15) is 23.0 Å². The summed E-state index contributed by atoms with van der Waals surface area (Å²) in [4.78, 5) is 24.1. The highest BCUT2D eigenvalue weighted by molar-refractivity contribution is 8.04. The third-order valence-corrected chi connectivity index (χ3v) is 6.94. The average molecular weight is 570 g/mol. The van der Waals surface area contributed by atoms with E-state index in [4.69, 9.17) is 30.2 Å². The zero-order valence-electron chi connectivity index (χ0n) is 21.4. The normalized spacial score (nSPS) is 11.4. The molecule has 202 valence electrons. The van der Waals surface area contributed by atoms with E-state index in [9.17, 15) is 14.7 Å². The minimum atomic E-state index is -1.16. The molecule has 0 fully saturated rings. The van der Waals surface area contributed by atoms with Crippen molar-refractivity contribution in [2.24, 2.45) is 0 Å². The fourth-order valence-electron chi connectivity index (χ4n) is 3.69. The number of nitrogens with zero attached hydrogens (tertiary/aromatic N) is 3. The number of carboxylic acid groups (broad SMARTS) is 1. The predicted octanol–water partition coefficient (Wildman–Crippen LogP) is 5.90. The molecule has 0 bridgehead atoms. The molecule has 1 N–H and O–H groups in total. The van der Waals surface area contributed by atoms with Crippen LogP contribution < -0.4 is 9.47 Å². The molecule has 0 aliphatic carbocycles. The van der Waals surface area contributed by atoms with Crippen molar-refractivity contribution in [3.05, 3.63) is 69.8 Å². The first-order valence-corrected chi connectivity index (χ1v) is 12.7. The van der Waals surface area contributed by atoms with Crippen LogP contribution in [-0.4, -0.2) is 53.1 Å². The molecule has 0 atom stereocenters. The molecule has 0 saturated heterocycles. The number of aliphatic carboxylic acids is 1. The molecule has 0 unspecified atom stereocenters. The van der Waals surface area contributed by atoms with Crippen LogP contribution in [0.4, 0.5) is 0 Å². The summed E-state index contributed by atoms with van der Waals surface area (Å²) in [5, 5.41) is 19.1. The second kappa shape index (κ2) is 12.1. The van der Waals surface area contributed by atoms with Crippen LogP contribution in [0.2, 0.25) is 5.02 Å². The number of furan rings is 1. The quantitative estimate of drug-likeness (QED) is 0.140. The van der Waals surface area contributed by atoms with Gasteiger partial charge in [-0.05, 0) is 61.2 Å². The summed E-state index contributed by atoms with van der Waals surface area (Å²) in [7, 11) is 4.38. The van der Waals surface area contributed by atoms with E-state index in [1.54, 1.807) is 67.3 Å². The highest BCUT2D eigenvalue weighted by Crippen LogP contribution is 2.34. The molecule has 12 heteroatoms. The van der Waals surface area contributed by atoms with E-state index in [1.807, 2.05) is 6.92 Å². The highest BCUT2D eigenvalue weighted by Gasteiger charge is 2.20. The number of halogens is 1. The maximum atomic E-state index is 12.1. The summed E-state index contributed by atoms with van der Waals surface area (Å²) < 4.78 is 23.1. The third-order valence-electron chi connectivity index (χ3n) is 5.61. The van der Waals surface area contributed by atoms with Crippen LogP contribution in [0.25, 0.3) is 28.8 Å². The van der Waals surface area contributed by atoms with Gasteiger partial charge in [-0.2, -0.15) is 0 Å². The number of carbonyl (C=O) groups is 2. The Kier molecular flexibility index (Phi) is 8.62. The lowest BCUT2D eigenvalue weighted by atomic mass is 10.1. The Balaban J connectivity index is 1.65. The van der Waals surface area contributed by atoms with Crippen LogP contribution >= 0.6 is 23.4 Å². The molecule has 0 radical (unpaired) electrons. The molecule has 2 aromatic carbocycles. The van der Waals surface area contributed by atoms with Gasteiger partial charge in [0.1, 0.15) is 27.9 Å². The molecular formula is C27H24ClN3O7S. The van der Waals surface area contributed by atoms with Gasteiger partial charge >= 0.3 is 11.9 Å². The van der Waals surface area contributed by atoms with E-state index in [0.717, 1.165) is 11.8 Å². The first kappa shape index (κ1) is 27.8. The number of carbonyl (C=O) groups excluding carboxylic acids is 1. The Labute approximate surface area is 233 Å². The van der Waals surface area contributed by atoms with Crippen molar-refractivity contribution in [1.29, 1.82) is 0 Å². The highest BCUT2D eigenvalue weighted by atomic mass is 35.5. The van der Waals surface area contributed by atoms with Crippen molar-refractivity contribution in [2.45, 2.75) is 18.6 Å². The van der Waals surface area contributed by atoms with Crippen molar-refractivity contribution in [2.75, 3.05) is 21.3 Å². The molecule has 0 saturated carbocycles. The van der Waals surface area contributed by atoms with E-state index in [1.165, 1.54) is 13.2 Å². The van der Waals surface area contributed by atoms with Crippen molar-refractivity contribution < 1.29 is 33.3 Å². The van der Waals surface area contributed by atoms with Crippen molar-refractivity contribution in [3.8, 4) is 34.2 Å². The van der Waals surface area contributed by atoms with E-state index in [-0.39, 0.29) is 15.5 Å². The first-order valence-electron chi connectivity index (χ1n) is 11.6. The number of esters is 1. The Bertz CT molecular complexity index is 1540. The Hall–Kier alpha value is -4.22. The summed E-state index contributed by atoms with van der Waals surface area (Å²) in [6.45, 7) is 2.40. The summed E-state index contributed by atoms with van der Waals surface area (Å²) in [5.41, 5.74) is 1.47. The number of thioether (sulfide) groups is 1. The average Bonchev–Trinajstić information content (AvgIpc) is 3.59. The molecule has 0 aliphatic rings. The molecule has 0 amide bonds. The van der Waals surface area contributed by atoms with E-state index >= 15 is 0 Å². The van der Waals surface area contributed by atoms with Gasteiger partial charge in [0.05, 0.1) is 31.9 Å². The largest absolute Gasteiger partial charge is 0.497 e. The van der Waals surface area contributed by atoms with Crippen molar-refractivity contribution >= 4 is 41.4 Å². The van der Waals surface area contributed by atoms with Gasteiger partial charge < -0.3 is 28.3 Å². The van der Waals surface area contributed by atoms with Gasteiger partial charge in [0.2, 0.25) is 0 Å². The molecule has 2 aromatic heterocycles. The molecule has 0 spiro atoms. The first-order chi connectivity index (χ1) is 18.8. The number of hydrogen-bond donors (Lipinski definition) is 1. The fraction of sp³-hybridized carbons (Fsp3) is 0.185. The zero-order valence-corrected chi connectivity index (χ0v) is 23.0. The summed E-state index contributed by atoms with van der Waals surface area (Å²) >= 11 is 7.05. The molecule has 2 heterocycles. The number of benzene rings is 2. The number of carboxylic acids is 1. The Morgan fingerprint density at radius 3 is 2.36 bits per heavy atom. The Morgan fingerprint density at radius 1 is 1.03 bits per heavy atom. The topological polar surface area (TPSA) is 126 Å². The molecule has 10 nitrogen and oxygen atoms in total. The number of rotatable bonds is 10. The molecule has 4 rings (SSSR count). The molecule has 0 aliphatic heterocycles. The van der Waals surface area contributed by atoms with Crippen molar-refractivity contribution in [1.82, 2.24) is 14.8 Å². The Morgan fingerprint density at radius 2 is 1.74 bits per heavy atom. The standard InChI is InChI=1S/C27H24ClN3O7S/c1-5-31-24(16-10-18(35-2)13-19(11-16)36-3)29-30-27(31)39-23(25(32)33)14-17-7-9-22(38-17)15-6-8-21(28)20(12-15)26(34)37-4/h6-14H,5H2,1-4H3,(H,32,33)/b23-14-. The van der Waals surface area contributed by atoms with Gasteiger partial charge in [0.25, 0.3) is 0 Å². The lowest BCUT2D eigenvalue weighted by Gasteiger charge is -2.10. The second-order valence-corrected chi connectivity index (χ2v) is 9.37. The van der Waals surface area contributed by atoms with Gasteiger partial charge in [-0.3, -0.25) is 0 Å². The molecular weight excluding hydrogens is 546 g/mol. The van der Waals surface area contributed by atoms with Gasteiger partial charge in [-0.15, -0.1) is 10.2 Å². The van der Waals surface area contributed by atoms with Crippen LogP contribution in [-0.2, 0) is 16.1 Å². The van der Waals surface area contributed by atoms with Gasteiger partial charge in [0, 0.05) is 29.8 Å².